The number of methoxy groups -OCH3 is 1. The number of aromatic nitrogens is 5. The van der Waals surface area contributed by atoms with Crippen LogP contribution in [0.2, 0.25) is 0 Å². The number of hydrogen-bond acceptors (Lipinski definition) is 8. The van der Waals surface area contributed by atoms with Crippen molar-refractivity contribution in [2.45, 2.75) is 0 Å². The highest BCUT2D eigenvalue weighted by Gasteiger charge is 2.25. The lowest BCUT2D eigenvalue weighted by atomic mass is 10.3. The Morgan fingerprint density at radius 2 is 1.79 bits per heavy atom. The Morgan fingerprint density at radius 1 is 1.03 bits per heavy atom. The monoisotopic (exact) mass is 463 g/mol. The number of anilines is 1. The highest BCUT2D eigenvalue weighted by atomic mass is 19.1. The molecule has 0 bridgehead atoms. The molecular formula is C23H22FN7O3. The molecule has 2 aromatic carbocycles. The fraction of sp³-hybridized carbons (Fsp3) is 0.261. The van der Waals surface area contributed by atoms with Crippen molar-refractivity contribution >= 4 is 22.9 Å². The van der Waals surface area contributed by atoms with Crippen LogP contribution in [-0.4, -0.2) is 75.7 Å². The molecular weight excluding hydrogens is 441 g/mol. The summed E-state index contributed by atoms with van der Waals surface area (Å²) in [5, 5.41) is 8.39. The van der Waals surface area contributed by atoms with Crippen molar-refractivity contribution in [2.75, 3.05) is 44.8 Å². The summed E-state index contributed by atoms with van der Waals surface area (Å²) in [6.45, 7) is 2.16. The van der Waals surface area contributed by atoms with Crippen LogP contribution in [-0.2, 0) is 4.79 Å². The predicted octanol–water partition coefficient (Wildman–Crippen LogP) is 2.09. The molecule has 1 aliphatic heterocycles. The van der Waals surface area contributed by atoms with Crippen LogP contribution in [0, 0.1) is 5.82 Å². The largest absolute Gasteiger partial charge is 0.497 e. The maximum absolute atomic E-state index is 13.7. The van der Waals surface area contributed by atoms with Crippen molar-refractivity contribution in [2.24, 2.45) is 0 Å². The summed E-state index contributed by atoms with van der Waals surface area (Å²) in [5.41, 5.74) is 1.54. The van der Waals surface area contributed by atoms with E-state index in [2.05, 4.69) is 20.3 Å². The fourth-order valence-electron chi connectivity index (χ4n) is 3.83. The standard InChI is InChI=1S/C23H22FN7O3/c1-33-18-5-7-19(8-6-18)34-14-20(32)29-9-11-30(12-10-29)22-21-23(26-15-25-22)31(28-27-21)17-4-2-3-16(24)13-17/h2-8,13,15H,9-12,14H2,1H3. The third-order valence-electron chi connectivity index (χ3n) is 5.62. The second-order valence-electron chi connectivity index (χ2n) is 7.68. The number of fused-ring (bicyclic) bond motifs is 1. The molecule has 0 unspecified atom stereocenters. The van der Waals surface area contributed by atoms with E-state index in [1.165, 1.54) is 23.1 Å². The van der Waals surface area contributed by atoms with Gasteiger partial charge >= 0.3 is 0 Å². The minimum absolute atomic E-state index is 0.0357. The molecule has 11 heteroatoms. The number of ether oxygens (including phenoxy) is 2. The molecule has 1 amide bonds. The highest BCUT2D eigenvalue weighted by molar-refractivity contribution is 5.84. The van der Waals surface area contributed by atoms with Crippen LogP contribution < -0.4 is 14.4 Å². The summed E-state index contributed by atoms with van der Waals surface area (Å²) < 4.78 is 25.9. The first-order valence-corrected chi connectivity index (χ1v) is 10.7. The van der Waals surface area contributed by atoms with Gasteiger partial charge in [-0.1, -0.05) is 11.3 Å². The van der Waals surface area contributed by atoms with Gasteiger partial charge in [-0.05, 0) is 42.5 Å². The van der Waals surface area contributed by atoms with E-state index in [0.717, 1.165) is 5.75 Å². The van der Waals surface area contributed by atoms with Gasteiger partial charge in [0.1, 0.15) is 23.6 Å². The van der Waals surface area contributed by atoms with Crippen molar-refractivity contribution < 1.29 is 18.7 Å². The number of amides is 1. The van der Waals surface area contributed by atoms with E-state index in [1.807, 2.05) is 4.90 Å². The first kappa shape index (κ1) is 21.6. The lowest BCUT2D eigenvalue weighted by Gasteiger charge is -2.35. The number of benzene rings is 2. The molecule has 1 saturated heterocycles. The molecule has 4 aromatic rings. The second-order valence-corrected chi connectivity index (χ2v) is 7.68. The van der Waals surface area contributed by atoms with Crippen molar-refractivity contribution in [3.8, 4) is 17.2 Å². The summed E-state index contributed by atoms with van der Waals surface area (Å²) in [5.74, 6) is 1.52. The van der Waals surface area contributed by atoms with Gasteiger partial charge < -0.3 is 19.3 Å². The van der Waals surface area contributed by atoms with Gasteiger partial charge in [-0.3, -0.25) is 4.79 Å². The number of piperazine rings is 1. The Labute approximate surface area is 194 Å². The zero-order chi connectivity index (χ0) is 23.5. The molecule has 1 aliphatic rings. The van der Waals surface area contributed by atoms with E-state index in [1.54, 1.807) is 48.4 Å². The lowest BCUT2D eigenvalue weighted by molar-refractivity contribution is -0.133. The molecule has 0 saturated carbocycles. The SMILES string of the molecule is COc1ccc(OCC(=O)N2CCN(c3ncnc4c3nnn4-c3cccc(F)c3)CC2)cc1. The average Bonchev–Trinajstić information content (AvgIpc) is 3.32. The normalized spacial score (nSPS) is 13.8. The Hall–Kier alpha value is -4.28. The fourth-order valence-corrected chi connectivity index (χ4v) is 3.83. The third-order valence-corrected chi connectivity index (χ3v) is 5.62. The van der Waals surface area contributed by atoms with Crippen LogP contribution in [0.15, 0.2) is 54.9 Å². The first-order chi connectivity index (χ1) is 16.6. The minimum Gasteiger partial charge on any atom is -0.497 e. The average molecular weight is 463 g/mol. The molecule has 10 nitrogen and oxygen atoms in total. The summed E-state index contributed by atoms with van der Waals surface area (Å²) in [7, 11) is 1.60. The van der Waals surface area contributed by atoms with Gasteiger partial charge in [0.2, 0.25) is 0 Å². The van der Waals surface area contributed by atoms with E-state index < -0.39 is 0 Å². The van der Waals surface area contributed by atoms with Gasteiger partial charge in [0, 0.05) is 26.2 Å². The highest BCUT2D eigenvalue weighted by Crippen LogP contribution is 2.24. The van der Waals surface area contributed by atoms with Crippen molar-refractivity contribution in [1.29, 1.82) is 0 Å². The van der Waals surface area contributed by atoms with Crippen molar-refractivity contribution in [3.05, 3.63) is 60.7 Å². The Morgan fingerprint density at radius 3 is 2.53 bits per heavy atom. The Bertz CT molecular complexity index is 1300. The smallest absolute Gasteiger partial charge is 0.260 e. The molecule has 0 radical (unpaired) electrons. The molecule has 0 aliphatic carbocycles. The van der Waals surface area contributed by atoms with Gasteiger partial charge in [-0.2, -0.15) is 4.68 Å². The molecule has 1 fully saturated rings. The van der Waals surface area contributed by atoms with Gasteiger partial charge in [0.15, 0.2) is 23.6 Å². The van der Waals surface area contributed by atoms with E-state index in [9.17, 15) is 9.18 Å². The Balaban J connectivity index is 1.24. The molecule has 2 aromatic heterocycles. The van der Waals surface area contributed by atoms with Crippen LogP contribution >= 0.6 is 0 Å². The van der Waals surface area contributed by atoms with E-state index in [4.69, 9.17) is 9.47 Å². The molecule has 0 atom stereocenters. The lowest BCUT2D eigenvalue weighted by Crippen LogP contribution is -2.50. The van der Waals surface area contributed by atoms with Crippen molar-refractivity contribution in [1.82, 2.24) is 29.9 Å². The zero-order valence-electron chi connectivity index (χ0n) is 18.5. The number of nitrogens with zero attached hydrogens (tertiary/aromatic N) is 7. The van der Waals surface area contributed by atoms with Crippen LogP contribution in [0.3, 0.4) is 0 Å². The minimum atomic E-state index is -0.368. The summed E-state index contributed by atoms with van der Waals surface area (Å²) in [4.78, 5) is 25.1. The predicted molar refractivity (Wildman–Crippen MR) is 122 cm³/mol. The van der Waals surface area contributed by atoms with Crippen molar-refractivity contribution in [3.63, 3.8) is 0 Å². The van der Waals surface area contributed by atoms with Gasteiger partial charge in [0.05, 0.1) is 12.8 Å². The number of rotatable bonds is 6. The van der Waals surface area contributed by atoms with E-state index in [-0.39, 0.29) is 18.3 Å². The van der Waals surface area contributed by atoms with Gasteiger partial charge in [-0.15, -0.1) is 5.10 Å². The van der Waals surface area contributed by atoms with Crippen LogP contribution in [0.4, 0.5) is 10.2 Å². The maximum atomic E-state index is 13.7. The number of hydrogen-bond donors (Lipinski definition) is 0. The molecule has 174 valence electrons. The number of carbonyl (C=O) groups is 1. The number of carbonyl (C=O) groups excluding carboxylic acids is 1. The third kappa shape index (κ3) is 4.32. The van der Waals surface area contributed by atoms with Crippen LogP contribution in [0.25, 0.3) is 16.9 Å². The molecule has 0 spiro atoms. The van der Waals surface area contributed by atoms with Gasteiger partial charge in [0.25, 0.3) is 5.91 Å². The molecule has 34 heavy (non-hydrogen) atoms. The molecule has 5 rings (SSSR count). The molecule has 3 heterocycles. The van der Waals surface area contributed by atoms with E-state index >= 15 is 0 Å². The quantitative estimate of drug-likeness (QED) is 0.429. The Kier molecular flexibility index (Phi) is 5.90. The van der Waals surface area contributed by atoms with Crippen LogP contribution in [0.5, 0.6) is 11.5 Å². The van der Waals surface area contributed by atoms with Crippen LogP contribution in [0.1, 0.15) is 0 Å². The summed E-state index contributed by atoms with van der Waals surface area (Å²) in [6.07, 6.45) is 1.44. The first-order valence-electron chi connectivity index (χ1n) is 10.7. The number of halogens is 1. The summed E-state index contributed by atoms with van der Waals surface area (Å²) in [6, 6.07) is 13.2. The van der Waals surface area contributed by atoms with E-state index in [0.29, 0.717) is 54.6 Å². The summed E-state index contributed by atoms with van der Waals surface area (Å²) >= 11 is 0. The van der Waals surface area contributed by atoms with Gasteiger partial charge in [-0.25, -0.2) is 14.4 Å². The maximum Gasteiger partial charge on any atom is 0.260 e. The topological polar surface area (TPSA) is 98.5 Å². The second kappa shape index (κ2) is 9.30. The molecule has 0 N–H and O–H groups in total. The zero-order valence-corrected chi connectivity index (χ0v) is 18.5.